The van der Waals surface area contributed by atoms with Gasteiger partial charge in [-0.2, -0.15) is 0 Å². The predicted octanol–water partition coefficient (Wildman–Crippen LogP) is 3.39. The van der Waals surface area contributed by atoms with Gasteiger partial charge in [0.05, 0.1) is 10.7 Å². The number of anilines is 1. The quantitative estimate of drug-likeness (QED) is 0.848. The van der Waals surface area contributed by atoms with Crippen molar-refractivity contribution in [3.8, 4) is 0 Å². The van der Waals surface area contributed by atoms with Crippen molar-refractivity contribution in [1.29, 1.82) is 0 Å². The van der Waals surface area contributed by atoms with E-state index in [2.05, 4.69) is 10.3 Å². The molecule has 0 aliphatic rings. The highest BCUT2D eigenvalue weighted by molar-refractivity contribution is 6.36. The number of H-pyrrole nitrogens is 1. The van der Waals surface area contributed by atoms with Crippen molar-refractivity contribution in [2.24, 2.45) is 0 Å². The van der Waals surface area contributed by atoms with Gasteiger partial charge in [0.25, 0.3) is 5.91 Å². The van der Waals surface area contributed by atoms with Crippen molar-refractivity contribution >= 4 is 41.1 Å². The predicted molar refractivity (Wildman–Crippen MR) is 70.6 cm³/mol. The summed E-state index contributed by atoms with van der Waals surface area (Å²) in [6.07, 6.45) is 2.11. The third-order valence-corrected chi connectivity index (χ3v) is 2.81. The number of aldehydes is 1. The summed E-state index contributed by atoms with van der Waals surface area (Å²) in [5.74, 6) is -0.382. The van der Waals surface area contributed by atoms with Gasteiger partial charge in [-0.25, -0.2) is 0 Å². The Morgan fingerprint density at radius 2 is 2.06 bits per heavy atom. The Labute approximate surface area is 113 Å². The monoisotopic (exact) mass is 282 g/mol. The maximum absolute atomic E-state index is 11.8. The molecule has 1 aromatic carbocycles. The van der Waals surface area contributed by atoms with Crippen LogP contribution in [-0.2, 0) is 0 Å². The molecule has 0 atom stereocenters. The van der Waals surface area contributed by atoms with Gasteiger partial charge in [0.1, 0.15) is 5.69 Å². The van der Waals surface area contributed by atoms with E-state index in [-0.39, 0.29) is 11.6 Å². The van der Waals surface area contributed by atoms with Crippen LogP contribution >= 0.6 is 23.2 Å². The zero-order valence-corrected chi connectivity index (χ0v) is 10.5. The molecule has 0 unspecified atom stereocenters. The van der Waals surface area contributed by atoms with Gasteiger partial charge in [0, 0.05) is 16.8 Å². The molecule has 6 heteroatoms. The average molecular weight is 283 g/mol. The van der Waals surface area contributed by atoms with Crippen molar-refractivity contribution < 1.29 is 9.59 Å². The van der Waals surface area contributed by atoms with Gasteiger partial charge in [-0.15, -0.1) is 0 Å². The highest BCUT2D eigenvalue weighted by Gasteiger charge is 2.10. The topological polar surface area (TPSA) is 62.0 Å². The molecule has 1 amide bonds. The maximum Gasteiger partial charge on any atom is 0.272 e. The minimum Gasteiger partial charge on any atom is -0.356 e. The average Bonchev–Trinajstić information content (AvgIpc) is 2.81. The van der Waals surface area contributed by atoms with Gasteiger partial charge in [0.15, 0.2) is 6.29 Å². The zero-order chi connectivity index (χ0) is 13.1. The van der Waals surface area contributed by atoms with E-state index in [1.54, 1.807) is 12.1 Å². The molecule has 0 saturated carbocycles. The Balaban J connectivity index is 2.18. The Hall–Kier alpha value is -1.78. The van der Waals surface area contributed by atoms with Crippen molar-refractivity contribution in [3.63, 3.8) is 0 Å². The first-order valence-corrected chi connectivity index (χ1v) is 5.76. The summed E-state index contributed by atoms with van der Waals surface area (Å²) in [7, 11) is 0. The summed E-state index contributed by atoms with van der Waals surface area (Å²) in [6.45, 7) is 0. The van der Waals surface area contributed by atoms with Crippen LogP contribution < -0.4 is 5.32 Å². The third kappa shape index (κ3) is 2.72. The number of rotatable bonds is 3. The minimum absolute atomic E-state index is 0.281. The Kier molecular flexibility index (Phi) is 3.69. The zero-order valence-electron chi connectivity index (χ0n) is 9.04. The van der Waals surface area contributed by atoms with Gasteiger partial charge < -0.3 is 10.3 Å². The van der Waals surface area contributed by atoms with E-state index in [9.17, 15) is 9.59 Å². The fourth-order valence-electron chi connectivity index (χ4n) is 1.39. The maximum atomic E-state index is 11.8. The fraction of sp³-hybridized carbons (Fsp3) is 0. The molecule has 0 bridgehead atoms. The molecule has 1 aromatic heterocycles. The summed E-state index contributed by atoms with van der Waals surface area (Å²) in [6, 6.07) is 6.21. The van der Waals surface area contributed by atoms with Crippen LogP contribution in [0.2, 0.25) is 10.0 Å². The van der Waals surface area contributed by atoms with E-state index in [0.717, 1.165) is 0 Å². The Morgan fingerprint density at radius 1 is 1.28 bits per heavy atom. The lowest BCUT2D eigenvalue weighted by atomic mass is 10.3. The van der Waals surface area contributed by atoms with Crippen molar-refractivity contribution in [3.05, 3.63) is 51.8 Å². The Morgan fingerprint density at radius 3 is 2.67 bits per heavy atom. The van der Waals surface area contributed by atoms with Crippen LogP contribution in [0.5, 0.6) is 0 Å². The molecule has 1 heterocycles. The lowest BCUT2D eigenvalue weighted by Crippen LogP contribution is -2.12. The molecule has 92 valence electrons. The number of amides is 1. The molecule has 0 radical (unpaired) electrons. The van der Waals surface area contributed by atoms with Crippen LogP contribution in [0.3, 0.4) is 0 Å². The van der Waals surface area contributed by atoms with Gasteiger partial charge >= 0.3 is 0 Å². The molecule has 0 aliphatic carbocycles. The normalized spacial score (nSPS) is 10.1. The van der Waals surface area contributed by atoms with Crippen LogP contribution in [0.4, 0.5) is 5.69 Å². The molecule has 2 rings (SSSR count). The number of aromatic amines is 1. The highest BCUT2D eigenvalue weighted by Crippen LogP contribution is 2.25. The van der Waals surface area contributed by atoms with Crippen LogP contribution in [0.25, 0.3) is 0 Å². The van der Waals surface area contributed by atoms with Gasteiger partial charge in [0.2, 0.25) is 0 Å². The summed E-state index contributed by atoms with van der Waals surface area (Å²) in [4.78, 5) is 25.0. The second kappa shape index (κ2) is 5.25. The number of carbonyl (C=O) groups is 2. The molecule has 0 saturated heterocycles. The van der Waals surface area contributed by atoms with Crippen LogP contribution in [0.15, 0.2) is 30.5 Å². The molecule has 18 heavy (non-hydrogen) atoms. The minimum atomic E-state index is -0.382. The molecule has 0 aliphatic heterocycles. The molecule has 0 fully saturated rings. The Bertz CT molecular complexity index is 608. The SMILES string of the molecule is O=Cc1c[nH]c(C(=O)Nc2ccc(Cl)cc2Cl)c1. The van der Waals surface area contributed by atoms with Crippen LogP contribution in [0.1, 0.15) is 20.8 Å². The lowest BCUT2D eigenvalue weighted by Gasteiger charge is -2.06. The van der Waals surface area contributed by atoms with Crippen molar-refractivity contribution in [2.45, 2.75) is 0 Å². The highest BCUT2D eigenvalue weighted by atomic mass is 35.5. The second-order valence-electron chi connectivity index (χ2n) is 3.54. The molecule has 2 aromatic rings. The molecule has 2 N–H and O–H groups in total. The van der Waals surface area contributed by atoms with E-state index < -0.39 is 0 Å². The van der Waals surface area contributed by atoms with E-state index in [1.807, 2.05) is 0 Å². The first-order chi connectivity index (χ1) is 8.60. The largest absolute Gasteiger partial charge is 0.356 e. The molecular formula is C12H8Cl2N2O2. The summed E-state index contributed by atoms with van der Waals surface area (Å²) < 4.78 is 0. The number of nitrogens with one attached hydrogen (secondary N) is 2. The number of carbonyl (C=O) groups excluding carboxylic acids is 2. The fourth-order valence-corrected chi connectivity index (χ4v) is 1.85. The lowest BCUT2D eigenvalue weighted by molar-refractivity contribution is 0.102. The number of hydrogen-bond acceptors (Lipinski definition) is 2. The van der Waals surface area contributed by atoms with Crippen molar-refractivity contribution in [1.82, 2.24) is 4.98 Å². The molecular weight excluding hydrogens is 275 g/mol. The van der Waals surface area contributed by atoms with E-state index in [4.69, 9.17) is 23.2 Å². The number of halogens is 2. The third-order valence-electron chi connectivity index (χ3n) is 2.27. The van der Waals surface area contributed by atoms with E-state index >= 15 is 0 Å². The molecule has 0 spiro atoms. The van der Waals surface area contributed by atoms with Gasteiger partial charge in [-0.1, -0.05) is 23.2 Å². The van der Waals surface area contributed by atoms with E-state index in [1.165, 1.54) is 18.3 Å². The summed E-state index contributed by atoms with van der Waals surface area (Å²) in [5.41, 5.74) is 1.14. The van der Waals surface area contributed by atoms with E-state index in [0.29, 0.717) is 27.6 Å². The smallest absolute Gasteiger partial charge is 0.272 e. The number of hydrogen-bond donors (Lipinski definition) is 2. The number of aromatic nitrogens is 1. The van der Waals surface area contributed by atoms with Crippen LogP contribution in [-0.4, -0.2) is 17.2 Å². The summed E-state index contributed by atoms with van der Waals surface area (Å²) >= 11 is 11.7. The summed E-state index contributed by atoms with van der Waals surface area (Å²) in [5, 5.41) is 3.45. The van der Waals surface area contributed by atoms with Gasteiger partial charge in [-0.05, 0) is 24.3 Å². The van der Waals surface area contributed by atoms with Crippen LogP contribution in [0, 0.1) is 0 Å². The first-order valence-electron chi connectivity index (χ1n) is 5.00. The standard InChI is InChI=1S/C12H8Cl2N2O2/c13-8-1-2-10(9(14)4-8)16-12(18)11-3-7(6-17)5-15-11/h1-6,15H,(H,16,18). The van der Waals surface area contributed by atoms with Crippen molar-refractivity contribution in [2.75, 3.05) is 5.32 Å². The second-order valence-corrected chi connectivity index (χ2v) is 4.39. The number of benzene rings is 1. The first kappa shape index (κ1) is 12.7. The molecule has 4 nitrogen and oxygen atoms in total. The van der Waals surface area contributed by atoms with Gasteiger partial charge in [-0.3, -0.25) is 9.59 Å².